The monoisotopic (exact) mass is 360 g/mol. The second-order valence-corrected chi connectivity index (χ2v) is 7.58. The van der Waals surface area contributed by atoms with Crippen LogP contribution >= 0.6 is 0 Å². The Bertz CT molecular complexity index is 905. The number of amides is 1. The van der Waals surface area contributed by atoms with Crippen LogP contribution in [-0.2, 0) is 10.0 Å². The molecule has 1 amide bonds. The summed E-state index contributed by atoms with van der Waals surface area (Å²) in [5, 5.41) is 2.72. The van der Waals surface area contributed by atoms with Crippen LogP contribution in [0.15, 0.2) is 53.4 Å². The van der Waals surface area contributed by atoms with Gasteiger partial charge in [0.15, 0.2) is 5.78 Å². The van der Waals surface area contributed by atoms with Gasteiger partial charge in [-0.3, -0.25) is 14.3 Å². The van der Waals surface area contributed by atoms with E-state index in [1.807, 2.05) is 13.8 Å². The van der Waals surface area contributed by atoms with E-state index in [4.69, 9.17) is 0 Å². The molecule has 6 nitrogen and oxygen atoms in total. The van der Waals surface area contributed by atoms with Crippen molar-refractivity contribution >= 4 is 27.4 Å². The van der Waals surface area contributed by atoms with Crippen molar-refractivity contribution < 1.29 is 18.0 Å². The summed E-state index contributed by atoms with van der Waals surface area (Å²) in [4.78, 5) is 23.4. The number of ketones is 1. The predicted octanol–water partition coefficient (Wildman–Crippen LogP) is 2.83. The lowest BCUT2D eigenvalue weighted by Gasteiger charge is -2.11. The average Bonchev–Trinajstić information content (AvgIpc) is 2.54. The molecular weight excluding hydrogens is 340 g/mol. The van der Waals surface area contributed by atoms with E-state index < -0.39 is 10.0 Å². The van der Waals surface area contributed by atoms with Gasteiger partial charge < -0.3 is 5.32 Å². The molecule has 0 aliphatic heterocycles. The number of carbonyl (C=O) groups excluding carboxylic acids is 2. The summed E-state index contributed by atoms with van der Waals surface area (Å²) >= 11 is 0. The van der Waals surface area contributed by atoms with Gasteiger partial charge in [0.2, 0.25) is 0 Å². The number of hydrogen-bond donors (Lipinski definition) is 2. The number of benzene rings is 2. The smallest absolute Gasteiger partial charge is 0.261 e. The molecule has 7 heteroatoms. The van der Waals surface area contributed by atoms with Crippen molar-refractivity contribution in [3.05, 3.63) is 59.7 Å². The molecule has 0 aliphatic carbocycles. The van der Waals surface area contributed by atoms with Crippen molar-refractivity contribution in [2.45, 2.75) is 31.7 Å². The molecule has 2 rings (SSSR count). The normalized spacial score (nSPS) is 11.2. The third-order valence-corrected chi connectivity index (χ3v) is 4.73. The van der Waals surface area contributed by atoms with Gasteiger partial charge in [-0.25, -0.2) is 8.42 Å². The molecule has 2 aromatic rings. The zero-order valence-corrected chi connectivity index (χ0v) is 15.1. The Hall–Kier alpha value is -2.67. The lowest BCUT2D eigenvalue weighted by molar-refractivity contribution is 0.0942. The minimum atomic E-state index is -3.88. The summed E-state index contributed by atoms with van der Waals surface area (Å²) in [7, 11) is -3.88. The molecule has 0 radical (unpaired) electrons. The third kappa shape index (κ3) is 4.90. The van der Waals surface area contributed by atoms with Crippen LogP contribution in [0.1, 0.15) is 41.5 Å². The second kappa shape index (κ2) is 7.48. The standard InChI is InChI=1S/C18H20N2O4S/c1-12(2)19-18(22)15-7-5-9-17(11-15)25(23,24)20-16-8-4-6-14(10-16)13(3)21/h4-12,20H,1-3H3,(H,19,22). The molecule has 132 valence electrons. The summed E-state index contributed by atoms with van der Waals surface area (Å²) in [5.74, 6) is -0.501. The van der Waals surface area contributed by atoms with Gasteiger partial charge >= 0.3 is 0 Å². The summed E-state index contributed by atoms with van der Waals surface area (Å²) in [5.41, 5.74) is 0.948. The lowest BCUT2D eigenvalue weighted by atomic mass is 10.1. The first-order valence-electron chi connectivity index (χ1n) is 7.74. The highest BCUT2D eigenvalue weighted by molar-refractivity contribution is 7.92. The Balaban J connectivity index is 2.29. The fourth-order valence-electron chi connectivity index (χ4n) is 2.17. The molecule has 0 aromatic heterocycles. The zero-order valence-electron chi connectivity index (χ0n) is 14.2. The van der Waals surface area contributed by atoms with E-state index in [0.29, 0.717) is 5.56 Å². The number of carbonyl (C=O) groups is 2. The van der Waals surface area contributed by atoms with Gasteiger partial charge in [0, 0.05) is 22.9 Å². The van der Waals surface area contributed by atoms with E-state index >= 15 is 0 Å². The van der Waals surface area contributed by atoms with Crippen LogP contribution in [0, 0.1) is 0 Å². The number of anilines is 1. The maximum Gasteiger partial charge on any atom is 0.261 e. The van der Waals surface area contributed by atoms with Crippen LogP contribution in [-0.4, -0.2) is 26.2 Å². The van der Waals surface area contributed by atoms with E-state index in [1.54, 1.807) is 24.3 Å². The van der Waals surface area contributed by atoms with Gasteiger partial charge in [-0.2, -0.15) is 0 Å². The van der Waals surface area contributed by atoms with Crippen LogP contribution in [0.2, 0.25) is 0 Å². The molecule has 0 atom stereocenters. The fraction of sp³-hybridized carbons (Fsp3) is 0.222. The number of sulfonamides is 1. The van der Waals surface area contributed by atoms with Crippen molar-refractivity contribution in [2.24, 2.45) is 0 Å². The van der Waals surface area contributed by atoms with Gasteiger partial charge in [0.25, 0.3) is 15.9 Å². The molecule has 0 bridgehead atoms. The zero-order chi connectivity index (χ0) is 18.6. The van der Waals surface area contributed by atoms with Gasteiger partial charge in [0.1, 0.15) is 0 Å². The highest BCUT2D eigenvalue weighted by Gasteiger charge is 2.17. The second-order valence-electron chi connectivity index (χ2n) is 5.90. The molecule has 0 saturated carbocycles. The van der Waals surface area contributed by atoms with E-state index in [0.717, 1.165) is 0 Å². The highest BCUT2D eigenvalue weighted by atomic mass is 32.2. The minimum absolute atomic E-state index is 0.0304. The number of Topliss-reactive ketones (excluding diaryl/α,β-unsaturated/α-hetero) is 1. The largest absolute Gasteiger partial charge is 0.350 e. The van der Waals surface area contributed by atoms with Crippen LogP contribution in [0.5, 0.6) is 0 Å². The first-order chi connectivity index (χ1) is 11.7. The third-order valence-electron chi connectivity index (χ3n) is 3.35. The maximum atomic E-state index is 12.6. The van der Waals surface area contributed by atoms with Gasteiger partial charge in [-0.15, -0.1) is 0 Å². The molecule has 0 fully saturated rings. The van der Waals surface area contributed by atoms with Crippen LogP contribution < -0.4 is 10.0 Å². The Labute approximate surface area is 147 Å². The summed E-state index contributed by atoms with van der Waals surface area (Å²) in [6.45, 7) is 5.05. The fourth-order valence-corrected chi connectivity index (χ4v) is 3.26. The molecule has 0 unspecified atom stereocenters. The quantitative estimate of drug-likeness (QED) is 0.775. The molecule has 0 heterocycles. The molecule has 0 spiro atoms. The van der Waals surface area contributed by atoms with Gasteiger partial charge in [-0.05, 0) is 51.1 Å². The summed E-state index contributed by atoms with van der Waals surface area (Å²) in [6, 6.07) is 12.0. The first kappa shape index (κ1) is 18.7. The molecule has 25 heavy (non-hydrogen) atoms. The van der Waals surface area contributed by atoms with Crippen molar-refractivity contribution in [2.75, 3.05) is 4.72 Å². The topological polar surface area (TPSA) is 92.3 Å². The van der Waals surface area contributed by atoms with Crippen LogP contribution in [0.3, 0.4) is 0 Å². The summed E-state index contributed by atoms with van der Waals surface area (Å²) in [6.07, 6.45) is 0. The Morgan fingerprint density at radius 2 is 1.60 bits per heavy atom. The van der Waals surface area contributed by atoms with Gasteiger partial charge in [-0.1, -0.05) is 18.2 Å². The number of hydrogen-bond acceptors (Lipinski definition) is 4. The lowest BCUT2D eigenvalue weighted by Crippen LogP contribution is -2.30. The van der Waals surface area contributed by atoms with Crippen LogP contribution in [0.25, 0.3) is 0 Å². The molecule has 2 N–H and O–H groups in total. The van der Waals surface area contributed by atoms with E-state index in [9.17, 15) is 18.0 Å². The Kier molecular flexibility index (Phi) is 5.58. The van der Waals surface area contributed by atoms with E-state index in [-0.39, 0.29) is 33.9 Å². The maximum absolute atomic E-state index is 12.6. The van der Waals surface area contributed by atoms with Crippen LogP contribution in [0.4, 0.5) is 5.69 Å². The SMILES string of the molecule is CC(=O)c1cccc(NS(=O)(=O)c2cccc(C(=O)NC(C)C)c2)c1. The average molecular weight is 360 g/mol. The molecule has 0 aliphatic rings. The Morgan fingerprint density at radius 1 is 0.960 bits per heavy atom. The Morgan fingerprint density at radius 3 is 2.24 bits per heavy atom. The minimum Gasteiger partial charge on any atom is -0.350 e. The molecule has 0 saturated heterocycles. The van der Waals surface area contributed by atoms with Crippen molar-refractivity contribution in [1.29, 1.82) is 0 Å². The van der Waals surface area contributed by atoms with E-state index in [1.165, 1.54) is 31.2 Å². The van der Waals surface area contributed by atoms with Crippen molar-refractivity contribution in [3.63, 3.8) is 0 Å². The number of rotatable bonds is 6. The molecule has 2 aromatic carbocycles. The van der Waals surface area contributed by atoms with Crippen molar-refractivity contribution in [1.82, 2.24) is 5.32 Å². The highest BCUT2D eigenvalue weighted by Crippen LogP contribution is 2.18. The van der Waals surface area contributed by atoms with Crippen molar-refractivity contribution in [3.8, 4) is 0 Å². The first-order valence-corrected chi connectivity index (χ1v) is 9.22. The number of nitrogens with one attached hydrogen (secondary N) is 2. The summed E-state index contributed by atoms with van der Waals surface area (Å²) < 4.78 is 27.5. The van der Waals surface area contributed by atoms with Gasteiger partial charge in [0.05, 0.1) is 4.90 Å². The molecular formula is C18H20N2O4S. The van der Waals surface area contributed by atoms with E-state index in [2.05, 4.69) is 10.0 Å². The predicted molar refractivity (Wildman–Crippen MR) is 96.3 cm³/mol.